The fourth-order valence-electron chi connectivity index (χ4n) is 5.16. The van der Waals surface area contributed by atoms with Crippen LogP contribution in [-0.4, -0.2) is 38.7 Å². The van der Waals surface area contributed by atoms with Gasteiger partial charge in [-0.3, -0.25) is 4.79 Å². The number of aryl methyl sites for hydroxylation is 1. The molecule has 1 amide bonds. The molecule has 2 aliphatic rings. The van der Waals surface area contributed by atoms with Gasteiger partial charge >= 0.3 is 0 Å². The average molecular weight is 460 g/mol. The van der Waals surface area contributed by atoms with Crippen LogP contribution in [0.5, 0.6) is 5.75 Å². The van der Waals surface area contributed by atoms with Gasteiger partial charge in [0.05, 0.1) is 19.1 Å². The fourth-order valence-corrected chi connectivity index (χ4v) is 5.16. The Morgan fingerprint density at radius 3 is 2.68 bits per heavy atom. The first kappa shape index (κ1) is 22.3. The molecule has 176 valence electrons. The van der Waals surface area contributed by atoms with Crippen LogP contribution in [0, 0.1) is 18.7 Å². The summed E-state index contributed by atoms with van der Waals surface area (Å²) in [7, 11) is 1.68. The van der Waals surface area contributed by atoms with E-state index in [1.807, 2.05) is 12.1 Å². The van der Waals surface area contributed by atoms with Crippen molar-refractivity contribution in [2.45, 2.75) is 25.9 Å². The Balaban J connectivity index is 1.41. The molecular weight excluding hydrogens is 429 g/mol. The highest BCUT2D eigenvalue weighted by molar-refractivity contribution is 5.82. The number of benzene rings is 3. The average Bonchev–Trinajstić information content (AvgIpc) is 2.86. The van der Waals surface area contributed by atoms with Gasteiger partial charge in [-0.15, -0.1) is 0 Å². The lowest BCUT2D eigenvalue weighted by molar-refractivity contribution is -0.126. The van der Waals surface area contributed by atoms with Crippen molar-refractivity contribution in [3.63, 3.8) is 0 Å². The zero-order valence-electron chi connectivity index (χ0n) is 19.6. The van der Waals surface area contributed by atoms with Crippen LogP contribution in [0.2, 0.25) is 0 Å². The number of carbonyl (C=O) groups is 1. The van der Waals surface area contributed by atoms with Crippen molar-refractivity contribution in [2.75, 3.05) is 36.5 Å². The molecule has 1 fully saturated rings. The maximum absolute atomic E-state index is 13.6. The highest BCUT2D eigenvalue weighted by Gasteiger charge is 2.41. The van der Waals surface area contributed by atoms with E-state index in [1.165, 1.54) is 23.4 Å². The van der Waals surface area contributed by atoms with Gasteiger partial charge in [0.1, 0.15) is 11.6 Å². The molecule has 2 atom stereocenters. The molecule has 0 unspecified atom stereocenters. The van der Waals surface area contributed by atoms with E-state index in [0.717, 1.165) is 42.2 Å². The van der Waals surface area contributed by atoms with Crippen LogP contribution in [-0.2, 0) is 17.8 Å². The van der Waals surface area contributed by atoms with Gasteiger partial charge in [-0.2, -0.15) is 0 Å². The lowest BCUT2D eigenvalue weighted by Crippen LogP contribution is -2.61. The molecule has 1 N–H and O–H groups in total. The van der Waals surface area contributed by atoms with Crippen LogP contribution in [0.3, 0.4) is 0 Å². The minimum Gasteiger partial charge on any atom is -0.497 e. The predicted molar refractivity (Wildman–Crippen MR) is 133 cm³/mol. The van der Waals surface area contributed by atoms with E-state index in [9.17, 15) is 9.18 Å². The third-order valence-electron chi connectivity index (χ3n) is 7.02. The molecule has 0 saturated carbocycles. The van der Waals surface area contributed by atoms with Gasteiger partial charge in [0.25, 0.3) is 0 Å². The fraction of sp³-hybridized carbons (Fsp3) is 0.321. The highest BCUT2D eigenvalue weighted by Crippen LogP contribution is 2.39. The number of anilines is 2. The quantitative estimate of drug-likeness (QED) is 0.617. The number of halogens is 1. The van der Waals surface area contributed by atoms with Crippen molar-refractivity contribution in [2.24, 2.45) is 5.92 Å². The summed E-state index contributed by atoms with van der Waals surface area (Å²) in [6.45, 7) is 4.88. The van der Waals surface area contributed by atoms with Crippen molar-refractivity contribution in [3.05, 3.63) is 89.2 Å². The number of hydrogen-bond donors (Lipinski definition) is 1. The summed E-state index contributed by atoms with van der Waals surface area (Å²) in [6, 6.07) is 21.1. The second kappa shape index (κ2) is 9.37. The molecule has 5 rings (SSSR count). The van der Waals surface area contributed by atoms with E-state index in [4.69, 9.17) is 4.74 Å². The Labute approximate surface area is 200 Å². The zero-order chi connectivity index (χ0) is 23.7. The molecule has 0 radical (unpaired) electrons. The predicted octanol–water partition coefficient (Wildman–Crippen LogP) is 4.33. The number of amides is 1. The largest absolute Gasteiger partial charge is 0.497 e. The van der Waals surface area contributed by atoms with Gasteiger partial charge in [0.15, 0.2) is 0 Å². The van der Waals surface area contributed by atoms with E-state index in [0.29, 0.717) is 13.0 Å². The lowest BCUT2D eigenvalue weighted by Gasteiger charge is -2.49. The van der Waals surface area contributed by atoms with Gasteiger partial charge < -0.3 is 19.9 Å². The van der Waals surface area contributed by atoms with Crippen molar-refractivity contribution in [1.82, 2.24) is 5.32 Å². The zero-order valence-corrected chi connectivity index (χ0v) is 19.6. The van der Waals surface area contributed by atoms with Gasteiger partial charge in [0.2, 0.25) is 5.91 Å². The summed E-state index contributed by atoms with van der Waals surface area (Å²) in [5.41, 5.74) is 5.49. The highest BCUT2D eigenvalue weighted by atomic mass is 19.1. The topological polar surface area (TPSA) is 44.8 Å². The Bertz CT molecular complexity index is 1180. The number of carbonyl (C=O) groups excluding carboxylic acids is 1. The maximum atomic E-state index is 13.6. The molecule has 34 heavy (non-hydrogen) atoms. The number of rotatable bonds is 5. The van der Waals surface area contributed by atoms with Crippen molar-refractivity contribution in [1.29, 1.82) is 0 Å². The number of methoxy groups -OCH3 is 1. The monoisotopic (exact) mass is 459 g/mol. The Hall–Kier alpha value is -3.54. The molecule has 0 aliphatic carbocycles. The summed E-state index contributed by atoms with van der Waals surface area (Å²) in [6.07, 6.45) is 0.664. The van der Waals surface area contributed by atoms with Crippen LogP contribution in [0.4, 0.5) is 15.8 Å². The number of hydrogen-bond acceptors (Lipinski definition) is 4. The molecule has 3 aromatic carbocycles. The van der Waals surface area contributed by atoms with Crippen LogP contribution < -0.4 is 19.9 Å². The smallest absolute Gasteiger partial charge is 0.225 e. The SMILES string of the molecule is COc1ccc2c(c1)N1CCN(c3ccc(C)cc3)C[C@H]1[C@H](C(=O)NCc1cccc(F)c1)C2. The summed E-state index contributed by atoms with van der Waals surface area (Å²) in [5, 5.41) is 3.07. The van der Waals surface area contributed by atoms with Crippen LogP contribution >= 0.6 is 0 Å². The third-order valence-corrected chi connectivity index (χ3v) is 7.02. The van der Waals surface area contributed by atoms with Crippen LogP contribution in [0.15, 0.2) is 66.7 Å². The second-order valence-electron chi connectivity index (χ2n) is 9.20. The molecule has 1 saturated heterocycles. The maximum Gasteiger partial charge on any atom is 0.225 e. The van der Waals surface area contributed by atoms with Crippen molar-refractivity contribution in [3.8, 4) is 5.75 Å². The molecule has 6 heteroatoms. The van der Waals surface area contributed by atoms with Crippen molar-refractivity contribution >= 4 is 17.3 Å². The number of fused-ring (bicyclic) bond motifs is 3. The first-order chi connectivity index (χ1) is 16.5. The first-order valence-corrected chi connectivity index (χ1v) is 11.8. The van der Waals surface area contributed by atoms with E-state index in [1.54, 1.807) is 13.2 Å². The summed E-state index contributed by atoms with van der Waals surface area (Å²) < 4.78 is 19.1. The number of nitrogens with one attached hydrogen (secondary N) is 1. The van der Waals surface area contributed by atoms with E-state index < -0.39 is 0 Å². The second-order valence-corrected chi connectivity index (χ2v) is 9.20. The minimum atomic E-state index is -0.292. The van der Waals surface area contributed by atoms with Crippen LogP contribution in [0.25, 0.3) is 0 Å². The molecule has 3 aromatic rings. The van der Waals surface area contributed by atoms with Gasteiger partial charge in [-0.25, -0.2) is 4.39 Å². The molecule has 2 heterocycles. The molecule has 0 aromatic heterocycles. The standard InChI is InChI=1S/C28H30FN3O2/c1-19-6-9-23(10-7-19)31-12-13-32-26-16-24(34-2)11-8-21(26)15-25(27(32)18-31)28(33)30-17-20-4-3-5-22(29)14-20/h3-11,14,16,25,27H,12-13,15,17-18H2,1-2H3,(H,30,33)/t25-,27+/m1/s1. The van der Waals surface area contributed by atoms with E-state index in [-0.39, 0.29) is 23.7 Å². The van der Waals surface area contributed by atoms with Crippen molar-refractivity contribution < 1.29 is 13.9 Å². The molecule has 2 aliphatic heterocycles. The minimum absolute atomic E-state index is 0.00601. The molecular formula is C28H30FN3O2. The molecule has 5 nitrogen and oxygen atoms in total. The van der Waals surface area contributed by atoms with Gasteiger partial charge in [-0.1, -0.05) is 35.9 Å². The number of piperazine rings is 1. The lowest BCUT2D eigenvalue weighted by atomic mass is 9.83. The van der Waals surface area contributed by atoms with Gasteiger partial charge in [-0.05, 0) is 54.8 Å². The van der Waals surface area contributed by atoms with Crippen LogP contribution in [0.1, 0.15) is 16.7 Å². The number of nitrogens with zero attached hydrogens (tertiary/aromatic N) is 2. The molecule has 0 spiro atoms. The van der Waals surface area contributed by atoms with E-state index >= 15 is 0 Å². The third kappa shape index (κ3) is 4.45. The van der Waals surface area contributed by atoms with E-state index in [2.05, 4.69) is 58.4 Å². The first-order valence-electron chi connectivity index (χ1n) is 11.8. The summed E-state index contributed by atoms with van der Waals surface area (Å²) in [4.78, 5) is 18.2. The normalized spacial score (nSPS) is 19.3. The Morgan fingerprint density at radius 1 is 1.09 bits per heavy atom. The Morgan fingerprint density at radius 2 is 1.91 bits per heavy atom. The summed E-state index contributed by atoms with van der Waals surface area (Å²) in [5.74, 6) is 0.334. The van der Waals surface area contributed by atoms with Gasteiger partial charge in [0, 0.05) is 43.6 Å². The Kier molecular flexibility index (Phi) is 6.14. The number of ether oxygens (including phenoxy) is 1. The molecule has 0 bridgehead atoms. The summed E-state index contributed by atoms with van der Waals surface area (Å²) >= 11 is 0.